The van der Waals surface area contributed by atoms with Crippen molar-refractivity contribution in [3.63, 3.8) is 0 Å². The Hall–Kier alpha value is -2.19. The predicted molar refractivity (Wildman–Crippen MR) is 77.5 cm³/mol. The van der Waals surface area contributed by atoms with Gasteiger partial charge in [0.25, 0.3) is 0 Å². The first-order valence-corrected chi connectivity index (χ1v) is 7.02. The Morgan fingerprint density at radius 2 is 2.38 bits per heavy atom. The van der Waals surface area contributed by atoms with E-state index in [1.54, 1.807) is 18.4 Å². The van der Waals surface area contributed by atoms with E-state index >= 15 is 0 Å². The third-order valence-corrected chi connectivity index (χ3v) is 3.37. The molecule has 8 heteroatoms. The highest BCUT2D eigenvalue weighted by Crippen LogP contribution is 2.26. The summed E-state index contributed by atoms with van der Waals surface area (Å²) in [6.45, 7) is 2.15. The van der Waals surface area contributed by atoms with Crippen LogP contribution in [0, 0.1) is 5.82 Å². The first-order valence-electron chi connectivity index (χ1n) is 6.14. The van der Waals surface area contributed by atoms with Crippen LogP contribution in [0.4, 0.5) is 15.2 Å². The van der Waals surface area contributed by atoms with Crippen LogP contribution in [0.15, 0.2) is 23.6 Å². The predicted octanol–water partition coefficient (Wildman–Crippen LogP) is 2.51. The maximum atomic E-state index is 13.7. The van der Waals surface area contributed by atoms with Gasteiger partial charge in [0.05, 0.1) is 12.3 Å². The van der Waals surface area contributed by atoms with Gasteiger partial charge in [-0.3, -0.25) is 4.79 Å². The Balaban J connectivity index is 2.12. The summed E-state index contributed by atoms with van der Waals surface area (Å²) in [6, 6.07) is 3.27. The fraction of sp³-hybridized carbons (Fsp3) is 0.231. The second-order valence-electron chi connectivity index (χ2n) is 4.10. The topological polar surface area (TPSA) is 97.5 Å². The lowest BCUT2D eigenvalue weighted by Crippen LogP contribution is -2.20. The number of aromatic nitrogens is 1. The van der Waals surface area contributed by atoms with Crippen LogP contribution in [0.1, 0.15) is 18.7 Å². The van der Waals surface area contributed by atoms with E-state index in [0.717, 1.165) is 0 Å². The molecule has 0 aliphatic carbocycles. The quantitative estimate of drug-likeness (QED) is 0.758. The van der Waals surface area contributed by atoms with E-state index in [1.165, 1.54) is 23.5 Å². The lowest BCUT2D eigenvalue weighted by atomic mass is 10.2. The SMILES string of the molecule is CCOc1ccc(Nc2nc(C(N)C(=O)O)cs2)cc1F. The standard InChI is InChI=1S/C13H14FN3O3S/c1-2-20-10-4-3-7(5-8(10)14)16-13-17-9(6-21-13)11(15)12(18)19/h3-6,11H,2,15H2,1H3,(H,16,17)(H,18,19). The second-order valence-corrected chi connectivity index (χ2v) is 4.95. The Morgan fingerprint density at radius 3 is 3.00 bits per heavy atom. The van der Waals surface area contributed by atoms with Gasteiger partial charge in [-0.2, -0.15) is 0 Å². The summed E-state index contributed by atoms with van der Waals surface area (Å²) < 4.78 is 18.8. The van der Waals surface area contributed by atoms with Gasteiger partial charge >= 0.3 is 5.97 Å². The smallest absolute Gasteiger partial charge is 0.326 e. The van der Waals surface area contributed by atoms with Crippen molar-refractivity contribution in [2.45, 2.75) is 13.0 Å². The molecule has 21 heavy (non-hydrogen) atoms. The number of nitrogens with zero attached hydrogens (tertiary/aromatic N) is 1. The summed E-state index contributed by atoms with van der Waals surface area (Å²) in [5, 5.41) is 13.7. The van der Waals surface area contributed by atoms with Crippen LogP contribution in [0.3, 0.4) is 0 Å². The van der Waals surface area contributed by atoms with Crippen molar-refractivity contribution in [1.29, 1.82) is 0 Å². The maximum absolute atomic E-state index is 13.7. The van der Waals surface area contributed by atoms with Crippen LogP contribution < -0.4 is 15.8 Å². The number of nitrogens with one attached hydrogen (secondary N) is 1. The monoisotopic (exact) mass is 311 g/mol. The van der Waals surface area contributed by atoms with Crippen LogP contribution in [0.5, 0.6) is 5.75 Å². The molecule has 1 heterocycles. The first-order chi connectivity index (χ1) is 10.0. The van der Waals surface area contributed by atoms with Crippen LogP contribution in [0.25, 0.3) is 0 Å². The number of anilines is 2. The molecule has 0 saturated heterocycles. The zero-order valence-corrected chi connectivity index (χ0v) is 12.0. The number of hydrogen-bond acceptors (Lipinski definition) is 6. The third kappa shape index (κ3) is 3.67. The summed E-state index contributed by atoms with van der Waals surface area (Å²) in [7, 11) is 0. The fourth-order valence-electron chi connectivity index (χ4n) is 1.59. The van der Waals surface area contributed by atoms with Crippen molar-refractivity contribution in [3.05, 3.63) is 35.1 Å². The fourth-order valence-corrected chi connectivity index (χ4v) is 2.35. The molecule has 1 aromatic carbocycles. The van der Waals surface area contributed by atoms with Crippen molar-refractivity contribution in [3.8, 4) is 5.75 Å². The summed E-state index contributed by atoms with van der Waals surface area (Å²) in [5.41, 5.74) is 6.20. The third-order valence-electron chi connectivity index (χ3n) is 2.59. The van der Waals surface area contributed by atoms with Crippen molar-refractivity contribution < 1.29 is 19.0 Å². The van der Waals surface area contributed by atoms with Crippen molar-refractivity contribution in [2.24, 2.45) is 5.73 Å². The second kappa shape index (κ2) is 6.51. The minimum atomic E-state index is -1.17. The number of carboxylic acid groups (broad SMARTS) is 1. The van der Waals surface area contributed by atoms with E-state index in [2.05, 4.69) is 10.3 Å². The molecule has 0 fully saturated rings. The highest BCUT2D eigenvalue weighted by molar-refractivity contribution is 7.13. The number of ether oxygens (including phenoxy) is 1. The number of benzene rings is 1. The Bertz CT molecular complexity index is 647. The summed E-state index contributed by atoms with van der Waals surface area (Å²) in [6.07, 6.45) is 0. The molecule has 112 valence electrons. The number of carbonyl (C=O) groups is 1. The van der Waals surface area contributed by atoms with Crippen molar-refractivity contribution >= 4 is 28.1 Å². The highest BCUT2D eigenvalue weighted by atomic mass is 32.1. The molecule has 4 N–H and O–H groups in total. The van der Waals surface area contributed by atoms with Crippen LogP contribution in [0.2, 0.25) is 0 Å². The Labute approximate surface area is 124 Å². The number of carboxylic acids is 1. The average molecular weight is 311 g/mol. The molecule has 0 spiro atoms. The molecule has 1 unspecified atom stereocenters. The summed E-state index contributed by atoms with van der Waals surface area (Å²) in [5.74, 6) is -1.46. The molecule has 6 nitrogen and oxygen atoms in total. The molecule has 2 aromatic rings. The van der Waals surface area contributed by atoms with E-state index in [4.69, 9.17) is 15.6 Å². The minimum Gasteiger partial charge on any atom is -0.491 e. The van der Waals surface area contributed by atoms with E-state index in [-0.39, 0.29) is 11.4 Å². The van der Waals surface area contributed by atoms with Crippen LogP contribution in [-0.4, -0.2) is 22.7 Å². The van der Waals surface area contributed by atoms with Crippen LogP contribution in [-0.2, 0) is 4.79 Å². The van der Waals surface area contributed by atoms with Crippen molar-refractivity contribution in [1.82, 2.24) is 4.98 Å². The minimum absolute atomic E-state index is 0.177. The summed E-state index contributed by atoms with van der Waals surface area (Å²) in [4.78, 5) is 14.8. The van der Waals surface area contributed by atoms with E-state index in [9.17, 15) is 9.18 Å². The number of rotatable bonds is 6. The van der Waals surface area contributed by atoms with Crippen LogP contribution >= 0.6 is 11.3 Å². The molecule has 0 aliphatic rings. The molecule has 0 bridgehead atoms. The van der Waals surface area contributed by atoms with Gasteiger partial charge in [-0.05, 0) is 19.1 Å². The number of thiazole rings is 1. The van der Waals surface area contributed by atoms with Gasteiger partial charge in [0.15, 0.2) is 16.7 Å². The van der Waals surface area contributed by atoms with Crippen molar-refractivity contribution in [2.75, 3.05) is 11.9 Å². The molecule has 1 aromatic heterocycles. The van der Waals surface area contributed by atoms with Gasteiger partial charge in [-0.1, -0.05) is 0 Å². The highest BCUT2D eigenvalue weighted by Gasteiger charge is 2.17. The van der Waals surface area contributed by atoms with E-state index in [1.807, 2.05) is 0 Å². The molecule has 0 aliphatic heterocycles. The molecule has 0 radical (unpaired) electrons. The molecular formula is C13H14FN3O3S. The van der Waals surface area contributed by atoms with Gasteiger partial charge in [-0.25, -0.2) is 9.37 Å². The summed E-state index contributed by atoms with van der Waals surface area (Å²) >= 11 is 1.19. The molecule has 0 saturated carbocycles. The van der Waals surface area contributed by atoms with Gasteiger partial charge in [-0.15, -0.1) is 11.3 Å². The number of aliphatic carboxylic acids is 1. The van der Waals surface area contributed by atoms with Gasteiger partial charge in [0, 0.05) is 17.1 Å². The van der Waals surface area contributed by atoms with Gasteiger partial charge in [0.1, 0.15) is 6.04 Å². The zero-order valence-electron chi connectivity index (χ0n) is 11.2. The Kier molecular flexibility index (Phi) is 4.71. The largest absolute Gasteiger partial charge is 0.491 e. The normalized spacial score (nSPS) is 12.0. The molecule has 2 rings (SSSR count). The molecule has 1 atom stereocenters. The number of hydrogen-bond donors (Lipinski definition) is 3. The lowest BCUT2D eigenvalue weighted by molar-refractivity contribution is -0.138. The van der Waals surface area contributed by atoms with E-state index in [0.29, 0.717) is 17.4 Å². The average Bonchev–Trinajstić information content (AvgIpc) is 2.89. The molecule has 0 amide bonds. The van der Waals surface area contributed by atoms with Gasteiger partial charge in [0.2, 0.25) is 0 Å². The van der Waals surface area contributed by atoms with Gasteiger partial charge < -0.3 is 20.9 Å². The van der Waals surface area contributed by atoms with E-state index < -0.39 is 17.8 Å². The lowest BCUT2D eigenvalue weighted by Gasteiger charge is -2.07. The zero-order chi connectivity index (χ0) is 15.4. The Morgan fingerprint density at radius 1 is 1.62 bits per heavy atom. The number of halogens is 1. The molecular weight excluding hydrogens is 297 g/mol. The maximum Gasteiger partial charge on any atom is 0.326 e. The number of nitrogens with two attached hydrogens (primary N) is 1. The first kappa shape index (κ1) is 15.2.